The molecule has 1 heterocycles. The minimum atomic E-state index is -1.46. The van der Waals surface area contributed by atoms with Gasteiger partial charge in [0.15, 0.2) is 5.78 Å². The molecule has 0 fully saturated rings. The van der Waals surface area contributed by atoms with Gasteiger partial charge in [-0.3, -0.25) is 9.78 Å². The van der Waals surface area contributed by atoms with Crippen molar-refractivity contribution < 1.29 is 4.79 Å². The quantitative estimate of drug-likeness (QED) is 0.756. The van der Waals surface area contributed by atoms with Gasteiger partial charge in [0.05, 0.1) is 22.9 Å². The van der Waals surface area contributed by atoms with E-state index in [1.165, 1.54) is 20.0 Å². The maximum atomic E-state index is 11.5. The maximum absolute atomic E-state index is 11.5. The SMILES string of the molecule is CC(=O)C(C)(N=O)c1cnc2ccccc2n1. The number of carbonyl (C=O) groups excluding carboxylic acids is 1. The second kappa shape index (κ2) is 4.01. The zero-order chi connectivity index (χ0) is 12.5. The lowest BCUT2D eigenvalue weighted by atomic mass is 9.95. The lowest BCUT2D eigenvalue weighted by Gasteiger charge is -2.16. The Hall–Kier alpha value is -2.17. The van der Waals surface area contributed by atoms with Crippen LogP contribution in [0.15, 0.2) is 35.6 Å². The molecule has 17 heavy (non-hydrogen) atoms. The highest BCUT2D eigenvalue weighted by Crippen LogP contribution is 2.25. The molecule has 0 N–H and O–H groups in total. The van der Waals surface area contributed by atoms with Crippen molar-refractivity contribution in [2.45, 2.75) is 19.4 Å². The summed E-state index contributed by atoms with van der Waals surface area (Å²) in [6.07, 6.45) is 1.42. The predicted octanol–water partition coefficient (Wildman–Crippen LogP) is 2.20. The Morgan fingerprint density at radius 2 is 1.94 bits per heavy atom. The van der Waals surface area contributed by atoms with E-state index < -0.39 is 5.54 Å². The number of nitroso groups, excluding NO2 is 1. The molecule has 0 saturated heterocycles. The molecule has 0 radical (unpaired) electrons. The van der Waals surface area contributed by atoms with Gasteiger partial charge >= 0.3 is 0 Å². The van der Waals surface area contributed by atoms with E-state index in [0.29, 0.717) is 11.0 Å². The van der Waals surface area contributed by atoms with Crippen LogP contribution < -0.4 is 0 Å². The van der Waals surface area contributed by atoms with E-state index in [1.54, 1.807) is 6.07 Å². The lowest BCUT2D eigenvalue weighted by molar-refractivity contribution is -0.121. The van der Waals surface area contributed by atoms with E-state index in [9.17, 15) is 9.70 Å². The second-order valence-electron chi connectivity index (χ2n) is 3.96. The predicted molar refractivity (Wildman–Crippen MR) is 63.4 cm³/mol. The number of rotatable bonds is 3. The molecule has 0 aliphatic heterocycles. The van der Waals surface area contributed by atoms with Gasteiger partial charge in [-0.2, -0.15) is 0 Å². The molecular weight excluding hydrogens is 218 g/mol. The lowest BCUT2D eigenvalue weighted by Crippen LogP contribution is -2.29. The van der Waals surface area contributed by atoms with E-state index in [-0.39, 0.29) is 11.5 Å². The summed E-state index contributed by atoms with van der Waals surface area (Å²) >= 11 is 0. The minimum Gasteiger partial charge on any atom is -0.297 e. The summed E-state index contributed by atoms with van der Waals surface area (Å²) in [7, 11) is 0. The molecule has 1 aromatic heterocycles. The van der Waals surface area contributed by atoms with Gasteiger partial charge in [-0.05, 0) is 31.2 Å². The second-order valence-corrected chi connectivity index (χ2v) is 3.96. The molecule has 0 spiro atoms. The van der Waals surface area contributed by atoms with Crippen molar-refractivity contribution in [2.75, 3.05) is 0 Å². The van der Waals surface area contributed by atoms with Gasteiger partial charge in [-0.1, -0.05) is 12.1 Å². The van der Waals surface area contributed by atoms with Crippen LogP contribution in [-0.4, -0.2) is 15.8 Å². The number of ketones is 1. The van der Waals surface area contributed by atoms with E-state index in [0.717, 1.165) is 0 Å². The fraction of sp³-hybridized carbons (Fsp3) is 0.250. The Bertz CT molecular complexity index is 597. The van der Waals surface area contributed by atoms with Gasteiger partial charge in [0, 0.05) is 0 Å². The molecule has 0 bridgehead atoms. The molecule has 0 saturated carbocycles. The Kier molecular flexibility index (Phi) is 2.67. The first-order valence-electron chi connectivity index (χ1n) is 5.16. The van der Waals surface area contributed by atoms with Crippen molar-refractivity contribution in [3.8, 4) is 0 Å². The van der Waals surface area contributed by atoms with Gasteiger partial charge in [0.2, 0.25) is 5.54 Å². The average molecular weight is 229 g/mol. The van der Waals surface area contributed by atoms with Crippen LogP contribution in [0.3, 0.4) is 0 Å². The molecule has 2 rings (SSSR count). The fourth-order valence-corrected chi connectivity index (χ4v) is 1.48. The average Bonchev–Trinajstić information content (AvgIpc) is 2.37. The zero-order valence-electron chi connectivity index (χ0n) is 9.54. The third kappa shape index (κ3) is 1.80. The molecule has 0 amide bonds. The van der Waals surface area contributed by atoms with Crippen LogP contribution in [0, 0.1) is 4.91 Å². The number of hydrogen-bond acceptors (Lipinski definition) is 5. The zero-order valence-corrected chi connectivity index (χ0v) is 9.54. The Balaban J connectivity index is 2.63. The molecule has 86 valence electrons. The number of hydrogen-bond donors (Lipinski definition) is 0. The largest absolute Gasteiger partial charge is 0.297 e. The summed E-state index contributed by atoms with van der Waals surface area (Å²) < 4.78 is 0. The summed E-state index contributed by atoms with van der Waals surface area (Å²) in [5.74, 6) is -0.350. The van der Waals surface area contributed by atoms with Crippen LogP contribution >= 0.6 is 0 Å². The van der Waals surface area contributed by atoms with Crippen molar-refractivity contribution in [1.29, 1.82) is 0 Å². The van der Waals surface area contributed by atoms with Crippen molar-refractivity contribution in [3.63, 3.8) is 0 Å². The van der Waals surface area contributed by atoms with Crippen LogP contribution in [0.5, 0.6) is 0 Å². The van der Waals surface area contributed by atoms with Gasteiger partial charge < -0.3 is 0 Å². The van der Waals surface area contributed by atoms with Crippen LogP contribution in [0.25, 0.3) is 11.0 Å². The highest BCUT2D eigenvalue weighted by atomic mass is 16.3. The van der Waals surface area contributed by atoms with Gasteiger partial charge in [-0.25, -0.2) is 4.98 Å². The Morgan fingerprint density at radius 1 is 1.29 bits per heavy atom. The summed E-state index contributed by atoms with van der Waals surface area (Å²) in [5.41, 5.74) is 0.171. The van der Waals surface area contributed by atoms with Crippen LogP contribution in [-0.2, 0) is 10.3 Å². The molecule has 0 aliphatic rings. The van der Waals surface area contributed by atoms with E-state index >= 15 is 0 Å². The number of para-hydroxylation sites is 2. The van der Waals surface area contributed by atoms with Crippen molar-refractivity contribution >= 4 is 16.8 Å². The summed E-state index contributed by atoms with van der Waals surface area (Å²) in [5, 5.41) is 2.89. The molecule has 5 heteroatoms. The number of fused-ring (bicyclic) bond motifs is 1. The number of carbonyl (C=O) groups is 1. The van der Waals surface area contributed by atoms with Crippen LogP contribution in [0.1, 0.15) is 19.5 Å². The van der Waals surface area contributed by atoms with Crippen molar-refractivity contribution in [2.24, 2.45) is 5.18 Å². The number of nitrogens with zero attached hydrogens (tertiary/aromatic N) is 3. The number of aromatic nitrogens is 2. The van der Waals surface area contributed by atoms with Crippen LogP contribution in [0.4, 0.5) is 0 Å². The van der Waals surface area contributed by atoms with Gasteiger partial charge in [0.1, 0.15) is 0 Å². The third-order valence-electron chi connectivity index (χ3n) is 2.82. The smallest absolute Gasteiger partial charge is 0.200 e. The van der Waals surface area contributed by atoms with Gasteiger partial charge in [0.25, 0.3) is 0 Å². The maximum Gasteiger partial charge on any atom is 0.200 e. The molecule has 1 unspecified atom stereocenters. The van der Waals surface area contributed by atoms with Gasteiger partial charge in [-0.15, -0.1) is 4.91 Å². The van der Waals surface area contributed by atoms with Crippen LogP contribution in [0.2, 0.25) is 0 Å². The normalized spacial score (nSPS) is 14.2. The molecule has 2 aromatic rings. The molecule has 0 aliphatic carbocycles. The summed E-state index contributed by atoms with van der Waals surface area (Å²) in [6.45, 7) is 2.76. The molecule has 1 aromatic carbocycles. The number of Topliss-reactive ketones (excluding diaryl/α,β-unsaturated/α-hetero) is 1. The first-order chi connectivity index (χ1) is 8.08. The first-order valence-corrected chi connectivity index (χ1v) is 5.16. The fourth-order valence-electron chi connectivity index (χ4n) is 1.48. The van der Waals surface area contributed by atoms with E-state index in [4.69, 9.17) is 0 Å². The molecule has 1 atom stereocenters. The summed E-state index contributed by atoms with van der Waals surface area (Å²) in [4.78, 5) is 30.8. The Labute approximate surface area is 97.9 Å². The highest BCUT2D eigenvalue weighted by molar-refractivity contribution is 5.87. The monoisotopic (exact) mass is 229 g/mol. The molecular formula is C12H11N3O2. The minimum absolute atomic E-state index is 0.277. The summed E-state index contributed by atoms with van der Waals surface area (Å²) in [6, 6.07) is 7.25. The third-order valence-corrected chi connectivity index (χ3v) is 2.82. The number of benzene rings is 1. The van der Waals surface area contributed by atoms with Crippen molar-refractivity contribution in [1.82, 2.24) is 9.97 Å². The Morgan fingerprint density at radius 3 is 2.53 bits per heavy atom. The first kappa shape index (κ1) is 11.3. The highest BCUT2D eigenvalue weighted by Gasteiger charge is 2.35. The topological polar surface area (TPSA) is 72.3 Å². The molecule has 5 nitrogen and oxygen atoms in total. The van der Waals surface area contributed by atoms with E-state index in [2.05, 4.69) is 15.1 Å². The standard InChI is InChI=1S/C12H11N3O2/c1-8(16)12(2,15-17)11-7-13-9-5-3-4-6-10(9)14-11/h3-7H,1-2H3. The van der Waals surface area contributed by atoms with Crippen molar-refractivity contribution in [3.05, 3.63) is 41.1 Å². The van der Waals surface area contributed by atoms with E-state index in [1.807, 2.05) is 18.2 Å².